The van der Waals surface area contributed by atoms with E-state index in [1.54, 1.807) is 0 Å². The van der Waals surface area contributed by atoms with Crippen LogP contribution in [0.25, 0.3) is 0 Å². The van der Waals surface area contributed by atoms with Gasteiger partial charge < -0.3 is 15.8 Å². The van der Waals surface area contributed by atoms with Gasteiger partial charge in [-0.15, -0.1) is 0 Å². The second-order valence-electron chi connectivity index (χ2n) is 3.22. The van der Waals surface area contributed by atoms with Gasteiger partial charge >= 0.3 is 12.3 Å². The van der Waals surface area contributed by atoms with Gasteiger partial charge in [0.1, 0.15) is 0 Å². The summed E-state index contributed by atoms with van der Waals surface area (Å²) in [5.74, 6) is -0.120. The van der Waals surface area contributed by atoms with Crippen molar-refractivity contribution in [2.45, 2.75) is 6.18 Å². The Balaban J connectivity index is 3.17. The molecule has 6 nitrogen and oxygen atoms in total. The summed E-state index contributed by atoms with van der Waals surface area (Å²) in [5.41, 5.74) is 3.90. The Hall–Kier alpha value is -2.10. The predicted molar refractivity (Wildman–Crippen MR) is 65.7 cm³/mol. The molecule has 0 atom stereocenters. The third kappa shape index (κ3) is 4.25. The summed E-state index contributed by atoms with van der Waals surface area (Å²) < 4.78 is 41.9. The highest BCUT2D eigenvalue weighted by Crippen LogP contribution is 2.32. The first-order chi connectivity index (χ1) is 8.74. The van der Waals surface area contributed by atoms with E-state index in [0.29, 0.717) is 12.3 Å². The smallest absolute Gasteiger partial charge is 0.417 e. The molecule has 0 fully saturated rings. The summed E-state index contributed by atoms with van der Waals surface area (Å²) in [6.07, 6.45) is -4.96. The molecule has 0 aliphatic heterocycles. The molecule has 104 valence electrons. The first-order valence-electron chi connectivity index (χ1n) is 4.72. The van der Waals surface area contributed by atoms with Crippen molar-refractivity contribution in [3.8, 4) is 0 Å². The highest BCUT2D eigenvalue weighted by atomic mass is 32.1. The largest absolute Gasteiger partial charge is 0.453 e. The topological polar surface area (TPSA) is 89.3 Å². The lowest BCUT2D eigenvalue weighted by atomic mass is 10.2. The van der Waals surface area contributed by atoms with Crippen LogP contribution in [-0.2, 0) is 10.9 Å². The average Bonchev–Trinajstić information content (AvgIpc) is 2.29. The first-order valence-corrected chi connectivity index (χ1v) is 5.13. The fourth-order valence-electron chi connectivity index (χ4n) is 1.09. The van der Waals surface area contributed by atoms with Crippen LogP contribution in [0.5, 0.6) is 0 Å². The van der Waals surface area contributed by atoms with Crippen molar-refractivity contribution in [2.24, 2.45) is 5.73 Å². The molecule has 4 N–H and O–H groups in total. The lowest BCUT2D eigenvalue weighted by Crippen LogP contribution is -2.22. The summed E-state index contributed by atoms with van der Waals surface area (Å²) in [4.78, 5) is 14.5. The SMILES string of the molecule is COC(=O)Nc1cc(C(F)(F)F)cnc1NC(N)=S. The number of thiocarbonyl (C=S) groups is 1. The summed E-state index contributed by atoms with van der Waals surface area (Å²) in [6.45, 7) is 0. The lowest BCUT2D eigenvalue weighted by molar-refractivity contribution is -0.137. The minimum atomic E-state index is -4.60. The molecule has 0 saturated carbocycles. The molecule has 0 aliphatic carbocycles. The number of carbonyl (C=O) groups is 1. The summed E-state index contributed by atoms with van der Waals surface area (Å²) in [7, 11) is 1.07. The average molecular weight is 294 g/mol. The number of aromatic nitrogens is 1. The zero-order valence-electron chi connectivity index (χ0n) is 9.54. The molecule has 0 bridgehead atoms. The first kappa shape index (κ1) is 15.0. The van der Waals surface area contributed by atoms with E-state index in [1.165, 1.54) is 0 Å². The third-order valence-corrected chi connectivity index (χ3v) is 1.98. The van der Waals surface area contributed by atoms with Gasteiger partial charge in [0.05, 0.1) is 18.4 Å². The second-order valence-corrected chi connectivity index (χ2v) is 3.66. The number of carbonyl (C=O) groups excluding carboxylic acids is 1. The number of hydrogen-bond acceptors (Lipinski definition) is 4. The van der Waals surface area contributed by atoms with Crippen molar-refractivity contribution in [3.63, 3.8) is 0 Å². The molecular formula is C9H9F3N4O2S. The van der Waals surface area contributed by atoms with Crippen molar-refractivity contribution in [1.82, 2.24) is 4.98 Å². The summed E-state index contributed by atoms with van der Waals surface area (Å²) >= 11 is 4.55. The van der Waals surface area contributed by atoms with Gasteiger partial charge in [0, 0.05) is 6.20 Å². The van der Waals surface area contributed by atoms with Gasteiger partial charge in [0.25, 0.3) is 0 Å². The highest BCUT2D eigenvalue weighted by molar-refractivity contribution is 7.80. The maximum atomic E-state index is 12.5. The minimum absolute atomic E-state index is 0.120. The predicted octanol–water partition coefficient (Wildman–Crippen LogP) is 1.93. The van der Waals surface area contributed by atoms with Crippen LogP contribution < -0.4 is 16.4 Å². The zero-order valence-corrected chi connectivity index (χ0v) is 10.4. The van der Waals surface area contributed by atoms with E-state index >= 15 is 0 Å². The number of pyridine rings is 1. The van der Waals surface area contributed by atoms with Crippen LogP contribution in [0.2, 0.25) is 0 Å². The van der Waals surface area contributed by atoms with Crippen molar-refractivity contribution in [2.75, 3.05) is 17.7 Å². The van der Waals surface area contributed by atoms with Gasteiger partial charge in [-0.25, -0.2) is 9.78 Å². The molecule has 1 aromatic rings. The molecule has 1 aromatic heterocycles. The number of nitrogens with one attached hydrogen (secondary N) is 2. The number of nitrogens with two attached hydrogens (primary N) is 1. The third-order valence-electron chi connectivity index (χ3n) is 1.88. The maximum absolute atomic E-state index is 12.5. The number of rotatable bonds is 2. The quantitative estimate of drug-likeness (QED) is 0.722. The Bertz CT molecular complexity index is 507. The monoisotopic (exact) mass is 294 g/mol. The minimum Gasteiger partial charge on any atom is -0.453 e. The summed E-state index contributed by atoms with van der Waals surface area (Å²) in [5, 5.41) is 4.21. The van der Waals surface area contributed by atoms with Gasteiger partial charge in [-0.05, 0) is 18.3 Å². The fourth-order valence-corrected chi connectivity index (χ4v) is 1.19. The molecule has 0 aliphatic rings. The number of amides is 1. The van der Waals surface area contributed by atoms with Crippen molar-refractivity contribution in [1.29, 1.82) is 0 Å². The Labute approximate surface area is 111 Å². The van der Waals surface area contributed by atoms with E-state index in [-0.39, 0.29) is 16.6 Å². The standard InChI is InChI=1S/C9H9F3N4O2S/c1-18-8(17)15-5-2-4(9(10,11)12)3-14-6(5)16-7(13)19/h2-3H,1H3,(H,15,17)(H3,13,14,16,19). The van der Waals surface area contributed by atoms with Gasteiger partial charge in [-0.3, -0.25) is 5.32 Å². The van der Waals surface area contributed by atoms with Gasteiger partial charge in [0.2, 0.25) is 0 Å². The Morgan fingerprint density at radius 2 is 2.11 bits per heavy atom. The number of halogens is 3. The molecule has 0 aromatic carbocycles. The molecule has 19 heavy (non-hydrogen) atoms. The van der Waals surface area contributed by atoms with Gasteiger partial charge in [-0.2, -0.15) is 13.2 Å². The summed E-state index contributed by atoms with van der Waals surface area (Å²) in [6, 6.07) is 0.685. The van der Waals surface area contributed by atoms with Crippen molar-refractivity contribution in [3.05, 3.63) is 17.8 Å². The van der Waals surface area contributed by atoms with E-state index in [4.69, 9.17) is 5.73 Å². The fraction of sp³-hybridized carbons (Fsp3) is 0.222. The molecule has 0 unspecified atom stereocenters. The highest BCUT2D eigenvalue weighted by Gasteiger charge is 2.32. The van der Waals surface area contributed by atoms with E-state index in [2.05, 4.69) is 32.6 Å². The van der Waals surface area contributed by atoms with E-state index in [1.807, 2.05) is 0 Å². The molecular weight excluding hydrogens is 285 g/mol. The second kappa shape index (κ2) is 5.69. The molecule has 0 spiro atoms. The van der Waals surface area contributed by atoms with Crippen LogP contribution in [0.4, 0.5) is 29.5 Å². The number of ether oxygens (including phenoxy) is 1. The maximum Gasteiger partial charge on any atom is 0.417 e. The van der Waals surface area contributed by atoms with Crippen molar-refractivity contribution >= 4 is 34.9 Å². The molecule has 0 radical (unpaired) electrons. The Morgan fingerprint density at radius 3 is 2.58 bits per heavy atom. The van der Waals surface area contributed by atoms with Crippen LogP contribution >= 0.6 is 12.2 Å². The molecule has 10 heteroatoms. The van der Waals surface area contributed by atoms with E-state index in [0.717, 1.165) is 7.11 Å². The number of hydrogen-bond donors (Lipinski definition) is 3. The van der Waals surface area contributed by atoms with Gasteiger partial charge in [-0.1, -0.05) is 0 Å². The zero-order chi connectivity index (χ0) is 14.6. The number of methoxy groups -OCH3 is 1. The van der Waals surface area contributed by atoms with Crippen LogP contribution in [0.1, 0.15) is 5.56 Å². The van der Waals surface area contributed by atoms with Crippen LogP contribution in [0.15, 0.2) is 12.3 Å². The number of anilines is 2. The van der Waals surface area contributed by atoms with Gasteiger partial charge in [0.15, 0.2) is 10.9 Å². The van der Waals surface area contributed by atoms with E-state index < -0.39 is 17.8 Å². The lowest BCUT2D eigenvalue weighted by Gasteiger charge is -2.13. The van der Waals surface area contributed by atoms with E-state index in [9.17, 15) is 18.0 Å². The molecule has 0 saturated heterocycles. The van der Waals surface area contributed by atoms with Crippen molar-refractivity contribution < 1.29 is 22.7 Å². The van der Waals surface area contributed by atoms with Crippen LogP contribution in [0.3, 0.4) is 0 Å². The normalized spacial score (nSPS) is 10.7. The Kier molecular flexibility index (Phi) is 4.48. The molecule has 1 rings (SSSR count). The molecule has 1 heterocycles. The number of alkyl halides is 3. The molecule has 1 amide bonds. The van der Waals surface area contributed by atoms with Crippen LogP contribution in [-0.4, -0.2) is 23.3 Å². The van der Waals surface area contributed by atoms with Crippen LogP contribution in [0, 0.1) is 0 Å². The Morgan fingerprint density at radius 1 is 1.47 bits per heavy atom. The number of nitrogens with zero attached hydrogens (tertiary/aromatic N) is 1.